The fourth-order valence-corrected chi connectivity index (χ4v) is 1.51. The predicted molar refractivity (Wildman–Crippen MR) is 60.1 cm³/mol. The van der Waals surface area contributed by atoms with Crippen molar-refractivity contribution in [3.8, 4) is 0 Å². The van der Waals surface area contributed by atoms with Gasteiger partial charge in [-0.1, -0.05) is 38.1 Å². The van der Waals surface area contributed by atoms with Gasteiger partial charge in [0, 0.05) is 17.0 Å². The van der Waals surface area contributed by atoms with E-state index in [1.165, 1.54) is 5.39 Å². The van der Waals surface area contributed by atoms with Gasteiger partial charge in [0.15, 0.2) is 0 Å². The fourth-order valence-electron chi connectivity index (χ4n) is 1.51. The first-order valence-electron chi connectivity index (χ1n) is 4.96. The van der Waals surface area contributed by atoms with Crippen LogP contribution < -0.4 is 0 Å². The Bertz CT molecular complexity index is 434. The summed E-state index contributed by atoms with van der Waals surface area (Å²) < 4.78 is 0. The van der Waals surface area contributed by atoms with Gasteiger partial charge in [0.1, 0.15) is 0 Å². The minimum Gasteiger partial charge on any atom is -0.253 e. The molecular weight excluding hydrogens is 170 g/mol. The molecule has 1 unspecified atom stereocenters. The van der Waals surface area contributed by atoms with Crippen molar-refractivity contribution in [2.45, 2.75) is 19.8 Å². The summed E-state index contributed by atoms with van der Waals surface area (Å²) in [7, 11) is 0. The SMILES string of the molecule is C[CH]C(C)c1ccc2ccccc2n1. The second-order valence-electron chi connectivity index (χ2n) is 3.55. The maximum Gasteiger partial charge on any atom is 0.0705 e. The largest absolute Gasteiger partial charge is 0.253 e. The molecule has 1 nitrogen and oxygen atoms in total. The number of hydrogen-bond donors (Lipinski definition) is 0. The van der Waals surface area contributed by atoms with Crippen LogP contribution in [-0.2, 0) is 0 Å². The molecule has 0 aliphatic carbocycles. The first kappa shape index (κ1) is 9.20. The van der Waals surface area contributed by atoms with Crippen molar-refractivity contribution in [3.63, 3.8) is 0 Å². The average molecular weight is 184 g/mol. The Hall–Kier alpha value is -1.37. The van der Waals surface area contributed by atoms with Crippen LogP contribution in [0.25, 0.3) is 10.9 Å². The zero-order valence-corrected chi connectivity index (χ0v) is 8.57. The van der Waals surface area contributed by atoms with Crippen LogP contribution in [0.5, 0.6) is 0 Å². The minimum atomic E-state index is 0.430. The van der Waals surface area contributed by atoms with Crippen molar-refractivity contribution in [2.24, 2.45) is 0 Å². The molecule has 1 atom stereocenters. The molecule has 0 aliphatic rings. The monoisotopic (exact) mass is 184 g/mol. The summed E-state index contributed by atoms with van der Waals surface area (Å²) in [5.41, 5.74) is 2.23. The van der Waals surface area contributed by atoms with E-state index in [0.717, 1.165) is 11.2 Å². The average Bonchev–Trinajstić information content (AvgIpc) is 2.27. The van der Waals surface area contributed by atoms with Gasteiger partial charge in [0.05, 0.1) is 5.52 Å². The van der Waals surface area contributed by atoms with E-state index in [9.17, 15) is 0 Å². The Morgan fingerprint density at radius 2 is 1.93 bits per heavy atom. The van der Waals surface area contributed by atoms with Gasteiger partial charge in [-0.15, -0.1) is 0 Å². The van der Waals surface area contributed by atoms with Gasteiger partial charge < -0.3 is 0 Å². The Balaban J connectivity index is 2.51. The topological polar surface area (TPSA) is 12.9 Å². The summed E-state index contributed by atoms with van der Waals surface area (Å²) in [6, 6.07) is 12.5. The predicted octanol–water partition coefficient (Wildman–Crippen LogP) is 3.56. The molecule has 0 aliphatic heterocycles. The zero-order chi connectivity index (χ0) is 9.97. The lowest BCUT2D eigenvalue weighted by molar-refractivity contribution is 0.850. The normalized spacial score (nSPS) is 13.0. The van der Waals surface area contributed by atoms with Gasteiger partial charge >= 0.3 is 0 Å². The summed E-state index contributed by atoms with van der Waals surface area (Å²) >= 11 is 0. The molecule has 0 fully saturated rings. The molecule has 0 amide bonds. The smallest absolute Gasteiger partial charge is 0.0705 e. The quantitative estimate of drug-likeness (QED) is 0.695. The maximum atomic E-state index is 4.61. The van der Waals surface area contributed by atoms with Crippen LogP contribution >= 0.6 is 0 Å². The maximum absolute atomic E-state index is 4.61. The lowest BCUT2D eigenvalue weighted by Gasteiger charge is -2.08. The van der Waals surface area contributed by atoms with Gasteiger partial charge in [0.25, 0.3) is 0 Å². The van der Waals surface area contributed by atoms with Crippen LogP contribution in [0.1, 0.15) is 25.5 Å². The van der Waals surface area contributed by atoms with E-state index in [1.54, 1.807) is 0 Å². The van der Waals surface area contributed by atoms with Gasteiger partial charge in [-0.05, 0) is 18.6 Å². The highest BCUT2D eigenvalue weighted by atomic mass is 14.7. The molecule has 0 N–H and O–H groups in total. The van der Waals surface area contributed by atoms with Gasteiger partial charge in [-0.25, -0.2) is 0 Å². The number of fused-ring (bicyclic) bond motifs is 1. The van der Waals surface area contributed by atoms with Crippen LogP contribution in [0.15, 0.2) is 36.4 Å². The van der Waals surface area contributed by atoms with E-state index < -0.39 is 0 Å². The van der Waals surface area contributed by atoms with Crippen molar-refractivity contribution in [1.82, 2.24) is 4.98 Å². The summed E-state index contributed by atoms with van der Waals surface area (Å²) in [4.78, 5) is 4.61. The molecule has 1 aromatic heterocycles. The summed E-state index contributed by atoms with van der Waals surface area (Å²) in [6.07, 6.45) is 2.16. The van der Waals surface area contributed by atoms with Crippen molar-refractivity contribution < 1.29 is 0 Å². The van der Waals surface area contributed by atoms with E-state index in [2.05, 4.69) is 49.5 Å². The van der Waals surface area contributed by atoms with Gasteiger partial charge in [0.2, 0.25) is 0 Å². The molecule has 71 valence electrons. The number of nitrogens with zero attached hydrogens (tertiary/aromatic N) is 1. The number of hydrogen-bond acceptors (Lipinski definition) is 1. The van der Waals surface area contributed by atoms with Crippen molar-refractivity contribution >= 4 is 10.9 Å². The Kier molecular flexibility index (Phi) is 2.49. The molecule has 1 heterocycles. The number of aromatic nitrogens is 1. The first-order valence-corrected chi connectivity index (χ1v) is 4.96. The summed E-state index contributed by atoms with van der Waals surface area (Å²) in [5.74, 6) is 0.430. The van der Waals surface area contributed by atoms with E-state index >= 15 is 0 Å². The molecular formula is C13H14N. The first-order chi connectivity index (χ1) is 6.81. The molecule has 0 bridgehead atoms. The molecule has 1 aromatic carbocycles. The molecule has 0 saturated heterocycles. The van der Waals surface area contributed by atoms with E-state index in [4.69, 9.17) is 0 Å². The van der Waals surface area contributed by atoms with Gasteiger partial charge in [-0.2, -0.15) is 0 Å². The molecule has 2 aromatic rings. The Labute approximate surface area is 84.8 Å². The number of para-hydroxylation sites is 1. The van der Waals surface area contributed by atoms with E-state index in [1.807, 2.05) is 12.1 Å². The number of pyridine rings is 1. The number of rotatable bonds is 2. The lowest BCUT2D eigenvalue weighted by atomic mass is 10.0. The summed E-state index contributed by atoms with van der Waals surface area (Å²) in [5, 5.41) is 1.21. The van der Waals surface area contributed by atoms with Crippen LogP contribution in [0.3, 0.4) is 0 Å². The third-order valence-electron chi connectivity index (χ3n) is 2.59. The molecule has 2 rings (SSSR count). The highest BCUT2D eigenvalue weighted by Gasteiger charge is 2.04. The van der Waals surface area contributed by atoms with Crippen LogP contribution in [0.2, 0.25) is 0 Å². The second kappa shape index (κ2) is 3.79. The minimum absolute atomic E-state index is 0.430. The van der Waals surface area contributed by atoms with Gasteiger partial charge in [-0.3, -0.25) is 4.98 Å². The van der Waals surface area contributed by atoms with E-state index in [-0.39, 0.29) is 0 Å². The highest BCUT2D eigenvalue weighted by molar-refractivity contribution is 5.78. The van der Waals surface area contributed by atoms with Crippen LogP contribution in [-0.4, -0.2) is 4.98 Å². The molecule has 0 spiro atoms. The van der Waals surface area contributed by atoms with Crippen molar-refractivity contribution in [3.05, 3.63) is 48.5 Å². The molecule has 1 heteroatoms. The standard InChI is InChI=1S/C13H14N/c1-3-10(2)12-9-8-11-6-4-5-7-13(11)14-12/h3-10H,1-2H3. The highest BCUT2D eigenvalue weighted by Crippen LogP contribution is 2.19. The fraction of sp³-hybridized carbons (Fsp3) is 0.231. The third kappa shape index (κ3) is 1.63. The lowest BCUT2D eigenvalue weighted by Crippen LogP contribution is -1.95. The third-order valence-corrected chi connectivity index (χ3v) is 2.59. The van der Waals surface area contributed by atoms with Crippen LogP contribution in [0.4, 0.5) is 0 Å². The Morgan fingerprint density at radius 1 is 1.14 bits per heavy atom. The van der Waals surface area contributed by atoms with E-state index in [0.29, 0.717) is 5.92 Å². The molecule has 0 saturated carbocycles. The van der Waals surface area contributed by atoms with Crippen LogP contribution in [0, 0.1) is 6.42 Å². The Morgan fingerprint density at radius 3 is 2.71 bits per heavy atom. The number of benzene rings is 1. The molecule has 1 radical (unpaired) electrons. The summed E-state index contributed by atoms with van der Waals surface area (Å²) in [6.45, 7) is 4.23. The zero-order valence-electron chi connectivity index (χ0n) is 8.57. The van der Waals surface area contributed by atoms with Crippen molar-refractivity contribution in [2.75, 3.05) is 0 Å². The molecule has 14 heavy (non-hydrogen) atoms. The van der Waals surface area contributed by atoms with Crippen molar-refractivity contribution in [1.29, 1.82) is 0 Å². The second-order valence-corrected chi connectivity index (χ2v) is 3.55.